The molecule has 8 heteroatoms. The van der Waals surface area contributed by atoms with Crippen LogP contribution in [0.4, 0.5) is 18.9 Å². The van der Waals surface area contributed by atoms with Gasteiger partial charge in [-0.15, -0.1) is 0 Å². The van der Waals surface area contributed by atoms with Gasteiger partial charge in [-0.3, -0.25) is 14.9 Å². The van der Waals surface area contributed by atoms with Gasteiger partial charge < -0.3 is 9.64 Å². The van der Waals surface area contributed by atoms with Crippen LogP contribution in [0.2, 0.25) is 0 Å². The Bertz CT molecular complexity index is 901. The number of benzene rings is 2. The predicted molar refractivity (Wildman–Crippen MR) is 106 cm³/mol. The molecule has 0 spiro atoms. The number of carbonyl (C=O) groups excluding carboxylic acids is 2. The quantitative estimate of drug-likeness (QED) is 0.774. The number of carbonyl (C=O) groups is 2. The molecule has 1 heterocycles. The maximum Gasteiger partial charge on any atom is 0.416 e. The maximum absolute atomic E-state index is 12.6. The lowest BCUT2D eigenvalue weighted by Gasteiger charge is -2.39. The van der Waals surface area contributed by atoms with Crippen LogP contribution in [0.1, 0.15) is 32.3 Å². The standard InChI is InChI=1S/C22H23F3N2O3/c1-15(28)26-20(29)21(2)11-13-27(14-12-21)17-5-9-19(10-6-17)30-18-7-3-16(4-8-18)22(23,24)25/h3-10H,11-14H2,1-2H3,(H,26,28,29). The highest BCUT2D eigenvalue weighted by Crippen LogP contribution is 2.35. The van der Waals surface area contributed by atoms with Gasteiger partial charge in [-0.25, -0.2) is 0 Å². The fourth-order valence-corrected chi connectivity index (χ4v) is 3.37. The van der Waals surface area contributed by atoms with Crippen LogP contribution >= 0.6 is 0 Å². The van der Waals surface area contributed by atoms with Crippen molar-refractivity contribution in [1.82, 2.24) is 5.32 Å². The first kappa shape index (κ1) is 21.7. The van der Waals surface area contributed by atoms with Crippen LogP contribution in [0.5, 0.6) is 11.5 Å². The lowest BCUT2D eigenvalue weighted by atomic mass is 9.79. The van der Waals surface area contributed by atoms with E-state index in [4.69, 9.17) is 4.74 Å². The first-order valence-electron chi connectivity index (χ1n) is 9.59. The van der Waals surface area contributed by atoms with E-state index in [1.807, 2.05) is 19.1 Å². The number of piperidine rings is 1. The van der Waals surface area contributed by atoms with Gasteiger partial charge in [0.25, 0.3) is 0 Å². The van der Waals surface area contributed by atoms with Gasteiger partial charge in [0.1, 0.15) is 11.5 Å². The molecule has 30 heavy (non-hydrogen) atoms. The highest BCUT2D eigenvalue weighted by atomic mass is 19.4. The zero-order valence-electron chi connectivity index (χ0n) is 16.8. The Morgan fingerprint density at radius 2 is 1.47 bits per heavy atom. The smallest absolute Gasteiger partial charge is 0.416 e. The third-order valence-electron chi connectivity index (χ3n) is 5.32. The van der Waals surface area contributed by atoms with Crippen LogP contribution in [0, 0.1) is 5.41 Å². The Balaban J connectivity index is 1.59. The van der Waals surface area contributed by atoms with Crippen LogP contribution in [0.25, 0.3) is 0 Å². The van der Waals surface area contributed by atoms with Crippen molar-refractivity contribution >= 4 is 17.5 Å². The summed E-state index contributed by atoms with van der Waals surface area (Å²) >= 11 is 0. The van der Waals surface area contributed by atoms with Crippen molar-refractivity contribution in [2.24, 2.45) is 5.41 Å². The summed E-state index contributed by atoms with van der Waals surface area (Å²) in [5.41, 5.74) is -0.337. The molecule has 0 aromatic heterocycles. The Morgan fingerprint density at radius 3 is 1.93 bits per heavy atom. The molecule has 1 N–H and O–H groups in total. The second-order valence-electron chi connectivity index (χ2n) is 7.68. The molecule has 0 bridgehead atoms. The first-order chi connectivity index (χ1) is 14.1. The number of nitrogens with zero attached hydrogens (tertiary/aromatic N) is 1. The largest absolute Gasteiger partial charge is 0.457 e. The third-order valence-corrected chi connectivity index (χ3v) is 5.32. The topological polar surface area (TPSA) is 58.6 Å². The summed E-state index contributed by atoms with van der Waals surface area (Å²) in [6.07, 6.45) is -3.14. The highest BCUT2D eigenvalue weighted by molar-refractivity contribution is 5.97. The average molecular weight is 420 g/mol. The van der Waals surface area contributed by atoms with Gasteiger partial charge >= 0.3 is 6.18 Å². The molecule has 5 nitrogen and oxygen atoms in total. The number of amides is 2. The highest BCUT2D eigenvalue weighted by Gasteiger charge is 2.37. The summed E-state index contributed by atoms with van der Waals surface area (Å²) < 4.78 is 43.5. The van der Waals surface area contributed by atoms with E-state index in [2.05, 4.69) is 10.2 Å². The van der Waals surface area contributed by atoms with Crippen molar-refractivity contribution < 1.29 is 27.5 Å². The summed E-state index contributed by atoms with van der Waals surface area (Å²) in [6, 6.07) is 11.8. The number of nitrogens with one attached hydrogen (secondary N) is 1. The minimum Gasteiger partial charge on any atom is -0.457 e. The van der Waals surface area contributed by atoms with Gasteiger partial charge in [0.15, 0.2) is 0 Å². The zero-order valence-corrected chi connectivity index (χ0v) is 16.8. The number of anilines is 1. The van der Waals surface area contributed by atoms with Gasteiger partial charge in [-0.2, -0.15) is 13.2 Å². The zero-order chi connectivity index (χ0) is 21.9. The lowest BCUT2D eigenvalue weighted by molar-refractivity contribution is -0.138. The number of hydrogen-bond acceptors (Lipinski definition) is 4. The Hall–Kier alpha value is -3.03. The summed E-state index contributed by atoms with van der Waals surface area (Å²) in [5, 5.41) is 2.37. The minimum atomic E-state index is -4.38. The molecule has 0 unspecified atom stereocenters. The van der Waals surface area contributed by atoms with Crippen LogP contribution in [0.15, 0.2) is 48.5 Å². The van der Waals surface area contributed by atoms with E-state index in [0.29, 0.717) is 37.4 Å². The molecule has 1 aliphatic heterocycles. The number of rotatable bonds is 4. The third kappa shape index (κ3) is 5.11. The number of halogens is 3. The number of imide groups is 1. The second kappa shape index (κ2) is 8.38. The molecule has 2 aromatic carbocycles. The number of hydrogen-bond donors (Lipinski definition) is 1. The van der Waals surface area contributed by atoms with E-state index in [1.54, 1.807) is 12.1 Å². The molecule has 0 saturated carbocycles. The maximum atomic E-state index is 12.6. The number of ether oxygens (including phenoxy) is 1. The van der Waals surface area contributed by atoms with E-state index in [-0.39, 0.29) is 11.8 Å². The molecule has 1 fully saturated rings. The molecule has 160 valence electrons. The summed E-state index contributed by atoms with van der Waals surface area (Å²) in [4.78, 5) is 25.5. The second-order valence-corrected chi connectivity index (χ2v) is 7.68. The van der Waals surface area contributed by atoms with Gasteiger partial charge in [0, 0.05) is 25.7 Å². The van der Waals surface area contributed by atoms with Gasteiger partial charge in [0.05, 0.1) is 11.0 Å². The Morgan fingerprint density at radius 1 is 0.967 bits per heavy atom. The van der Waals surface area contributed by atoms with Crippen molar-refractivity contribution in [3.05, 3.63) is 54.1 Å². The minimum absolute atomic E-state index is 0.241. The molecule has 2 amide bonds. The lowest BCUT2D eigenvalue weighted by Crippen LogP contribution is -2.48. The van der Waals surface area contributed by atoms with Crippen molar-refractivity contribution in [2.45, 2.75) is 32.9 Å². The van der Waals surface area contributed by atoms with Crippen LogP contribution in [-0.2, 0) is 15.8 Å². The molecule has 1 aliphatic rings. The summed E-state index contributed by atoms with van der Waals surface area (Å²) in [7, 11) is 0. The van der Waals surface area contributed by atoms with Crippen molar-refractivity contribution in [2.75, 3.05) is 18.0 Å². The molecule has 3 rings (SSSR count). The van der Waals surface area contributed by atoms with Crippen molar-refractivity contribution in [3.8, 4) is 11.5 Å². The van der Waals surface area contributed by atoms with Crippen molar-refractivity contribution in [1.29, 1.82) is 0 Å². The van der Waals surface area contributed by atoms with E-state index in [9.17, 15) is 22.8 Å². The summed E-state index contributed by atoms with van der Waals surface area (Å²) in [5.74, 6) is 0.240. The normalized spacial score (nSPS) is 16.1. The van der Waals surface area contributed by atoms with Gasteiger partial charge in [-0.1, -0.05) is 6.92 Å². The van der Waals surface area contributed by atoms with E-state index >= 15 is 0 Å². The molecular formula is C22H23F3N2O3. The SMILES string of the molecule is CC(=O)NC(=O)C1(C)CCN(c2ccc(Oc3ccc(C(F)(F)F)cc3)cc2)CC1. The molecule has 0 radical (unpaired) electrons. The first-order valence-corrected chi connectivity index (χ1v) is 9.59. The van der Waals surface area contributed by atoms with Crippen LogP contribution in [0.3, 0.4) is 0 Å². The fraction of sp³-hybridized carbons (Fsp3) is 0.364. The van der Waals surface area contributed by atoms with E-state index in [0.717, 1.165) is 17.8 Å². The molecular weight excluding hydrogens is 397 g/mol. The number of alkyl halides is 3. The van der Waals surface area contributed by atoms with Gasteiger partial charge in [0.2, 0.25) is 11.8 Å². The van der Waals surface area contributed by atoms with Gasteiger partial charge in [-0.05, 0) is 61.4 Å². The van der Waals surface area contributed by atoms with E-state index < -0.39 is 17.2 Å². The molecule has 0 aliphatic carbocycles. The van der Waals surface area contributed by atoms with Crippen LogP contribution in [-0.4, -0.2) is 24.9 Å². The predicted octanol–water partition coefficient (Wildman–Crippen LogP) is 4.77. The van der Waals surface area contributed by atoms with Crippen molar-refractivity contribution in [3.63, 3.8) is 0 Å². The summed E-state index contributed by atoms with van der Waals surface area (Å²) in [6.45, 7) is 4.52. The monoisotopic (exact) mass is 420 g/mol. The molecule has 2 aromatic rings. The molecule has 0 atom stereocenters. The average Bonchev–Trinajstić information content (AvgIpc) is 2.68. The van der Waals surface area contributed by atoms with E-state index in [1.165, 1.54) is 19.1 Å². The van der Waals surface area contributed by atoms with Crippen LogP contribution < -0.4 is 15.0 Å². The fourth-order valence-electron chi connectivity index (χ4n) is 3.37. The Kier molecular flexibility index (Phi) is 6.05. The Labute approximate surface area is 172 Å². The molecule has 1 saturated heterocycles.